The van der Waals surface area contributed by atoms with Gasteiger partial charge in [0, 0.05) is 18.5 Å². The van der Waals surface area contributed by atoms with E-state index in [9.17, 15) is 8.42 Å². The van der Waals surface area contributed by atoms with Crippen molar-refractivity contribution in [3.63, 3.8) is 0 Å². The van der Waals surface area contributed by atoms with Crippen molar-refractivity contribution in [3.05, 3.63) is 0 Å². The third-order valence-electron chi connectivity index (χ3n) is 3.11. The Morgan fingerprint density at radius 3 is 2.38 bits per heavy atom. The molecule has 0 N–H and O–H groups in total. The summed E-state index contributed by atoms with van der Waals surface area (Å²) in [5.41, 5.74) is 0. The van der Waals surface area contributed by atoms with Gasteiger partial charge in [0.05, 0.1) is 5.75 Å². The number of alkyl halides is 1. The van der Waals surface area contributed by atoms with Gasteiger partial charge < -0.3 is 0 Å². The van der Waals surface area contributed by atoms with Crippen LogP contribution in [0.15, 0.2) is 0 Å². The first-order valence-corrected chi connectivity index (χ1v) is 8.31. The number of sulfonamides is 1. The van der Waals surface area contributed by atoms with Gasteiger partial charge in [-0.3, -0.25) is 0 Å². The van der Waals surface area contributed by atoms with Gasteiger partial charge in [-0.1, -0.05) is 26.2 Å². The van der Waals surface area contributed by atoms with Gasteiger partial charge in [0.25, 0.3) is 0 Å². The highest BCUT2D eigenvalue weighted by Crippen LogP contribution is 2.25. The summed E-state index contributed by atoms with van der Waals surface area (Å²) in [5.74, 6) is 0.639. The molecule has 0 aromatic heterocycles. The van der Waals surface area contributed by atoms with Crippen molar-refractivity contribution in [2.24, 2.45) is 0 Å². The van der Waals surface area contributed by atoms with Crippen LogP contribution in [0.5, 0.6) is 0 Å². The molecule has 0 unspecified atom stereocenters. The molecule has 0 amide bonds. The van der Waals surface area contributed by atoms with Crippen molar-refractivity contribution in [1.82, 2.24) is 4.31 Å². The predicted molar refractivity (Wildman–Crippen MR) is 68.4 cm³/mol. The molecule has 1 aliphatic carbocycles. The molecule has 1 aliphatic rings. The monoisotopic (exact) mass is 267 g/mol. The van der Waals surface area contributed by atoms with Crippen LogP contribution >= 0.6 is 11.6 Å². The van der Waals surface area contributed by atoms with Crippen LogP contribution in [0.25, 0.3) is 0 Å². The lowest BCUT2D eigenvalue weighted by molar-refractivity contribution is 0.262. The normalized spacial score (nSPS) is 19.2. The highest BCUT2D eigenvalue weighted by Gasteiger charge is 2.29. The third kappa shape index (κ3) is 3.90. The minimum Gasteiger partial charge on any atom is -0.212 e. The molecule has 1 saturated carbocycles. The van der Waals surface area contributed by atoms with E-state index in [1.807, 2.05) is 6.92 Å². The molecule has 0 radical (unpaired) electrons. The molecule has 16 heavy (non-hydrogen) atoms. The number of hydrogen-bond acceptors (Lipinski definition) is 2. The van der Waals surface area contributed by atoms with Crippen LogP contribution < -0.4 is 0 Å². The van der Waals surface area contributed by atoms with Crippen molar-refractivity contribution >= 4 is 21.6 Å². The van der Waals surface area contributed by atoms with Crippen LogP contribution in [0, 0.1) is 0 Å². The van der Waals surface area contributed by atoms with Crippen molar-refractivity contribution in [3.8, 4) is 0 Å². The van der Waals surface area contributed by atoms with Crippen LogP contribution in [0.2, 0.25) is 0 Å². The van der Waals surface area contributed by atoms with Crippen LogP contribution in [0.3, 0.4) is 0 Å². The number of hydrogen-bond donors (Lipinski definition) is 0. The maximum absolute atomic E-state index is 12.1. The SMILES string of the molecule is CCCS(=O)(=O)N(CCCl)C1CCCCC1. The highest BCUT2D eigenvalue weighted by molar-refractivity contribution is 7.89. The van der Waals surface area contributed by atoms with Gasteiger partial charge in [0.2, 0.25) is 10.0 Å². The Bertz CT molecular complexity index is 286. The molecule has 96 valence electrons. The topological polar surface area (TPSA) is 37.4 Å². The van der Waals surface area contributed by atoms with E-state index >= 15 is 0 Å². The summed E-state index contributed by atoms with van der Waals surface area (Å²) in [7, 11) is -3.09. The highest BCUT2D eigenvalue weighted by atomic mass is 35.5. The zero-order chi connectivity index (χ0) is 12.0. The Balaban J connectivity index is 2.72. The first-order chi connectivity index (χ1) is 7.61. The molecular formula is C11H22ClNO2S. The van der Waals surface area contributed by atoms with Gasteiger partial charge in [-0.25, -0.2) is 8.42 Å². The minimum atomic E-state index is -3.09. The fourth-order valence-electron chi connectivity index (χ4n) is 2.38. The molecule has 0 spiro atoms. The van der Waals surface area contributed by atoms with Crippen LogP contribution in [0.1, 0.15) is 45.4 Å². The van der Waals surface area contributed by atoms with E-state index < -0.39 is 10.0 Å². The van der Waals surface area contributed by atoms with Gasteiger partial charge in [0.1, 0.15) is 0 Å². The molecule has 0 heterocycles. The fraction of sp³-hybridized carbons (Fsp3) is 1.00. The van der Waals surface area contributed by atoms with Crippen molar-refractivity contribution in [2.75, 3.05) is 18.2 Å². The zero-order valence-corrected chi connectivity index (χ0v) is 11.6. The Morgan fingerprint density at radius 1 is 1.25 bits per heavy atom. The smallest absolute Gasteiger partial charge is 0.212 e. The number of rotatable bonds is 6. The Morgan fingerprint density at radius 2 is 1.88 bits per heavy atom. The van der Waals surface area contributed by atoms with Crippen molar-refractivity contribution in [2.45, 2.75) is 51.5 Å². The van der Waals surface area contributed by atoms with E-state index in [-0.39, 0.29) is 11.8 Å². The molecular weight excluding hydrogens is 246 g/mol. The van der Waals surface area contributed by atoms with Crippen molar-refractivity contribution < 1.29 is 8.42 Å². The molecule has 0 atom stereocenters. The predicted octanol–water partition coefficient (Wildman–Crippen LogP) is 2.60. The van der Waals surface area contributed by atoms with E-state index in [2.05, 4.69) is 0 Å². The second-order valence-corrected chi connectivity index (χ2v) is 6.83. The summed E-state index contributed by atoms with van der Waals surface area (Å²) in [6.07, 6.45) is 6.20. The number of nitrogens with zero attached hydrogens (tertiary/aromatic N) is 1. The summed E-state index contributed by atoms with van der Waals surface area (Å²) in [4.78, 5) is 0. The van der Waals surface area contributed by atoms with Gasteiger partial charge >= 0.3 is 0 Å². The lowest BCUT2D eigenvalue weighted by atomic mass is 9.95. The van der Waals surface area contributed by atoms with E-state index in [1.54, 1.807) is 4.31 Å². The van der Waals surface area contributed by atoms with Gasteiger partial charge in [-0.05, 0) is 19.3 Å². The van der Waals surface area contributed by atoms with E-state index in [0.29, 0.717) is 18.8 Å². The standard InChI is InChI=1S/C11H22ClNO2S/c1-2-10-16(14,15)13(9-8-12)11-6-4-3-5-7-11/h11H,2-10H2,1H3. The first-order valence-electron chi connectivity index (χ1n) is 6.17. The largest absolute Gasteiger partial charge is 0.214 e. The Kier molecular flexibility index (Phi) is 6.08. The van der Waals surface area contributed by atoms with Crippen molar-refractivity contribution in [1.29, 1.82) is 0 Å². The van der Waals surface area contributed by atoms with Gasteiger partial charge in [-0.2, -0.15) is 4.31 Å². The van der Waals surface area contributed by atoms with Crippen LogP contribution in [-0.2, 0) is 10.0 Å². The lowest BCUT2D eigenvalue weighted by Crippen LogP contribution is -2.43. The molecule has 0 saturated heterocycles. The maximum atomic E-state index is 12.1. The van der Waals surface area contributed by atoms with Crippen LogP contribution in [0.4, 0.5) is 0 Å². The maximum Gasteiger partial charge on any atom is 0.214 e. The molecule has 0 aromatic carbocycles. The van der Waals surface area contributed by atoms with E-state index in [4.69, 9.17) is 11.6 Å². The minimum absolute atomic E-state index is 0.198. The molecule has 1 fully saturated rings. The van der Waals surface area contributed by atoms with E-state index in [1.165, 1.54) is 6.42 Å². The second-order valence-electron chi connectivity index (χ2n) is 4.41. The first kappa shape index (κ1) is 14.3. The summed E-state index contributed by atoms with van der Waals surface area (Å²) in [5, 5.41) is 0. The molecule has 1 rings (SSSR count). The fourth-order valence-corrected chi connectivity index (χ4v) is 4.44. The second kappa shape index (κ2) is 6.82. The number of halogens is 1. The Hall–Kier alpha value is 0.200. The summed E-state index contributed by atoms with van der Waals surface area (Å²) in [6.45, 7) is 2.37. The summed E-state index contributed by atoms with van der Waals surface area (Å²) >= 11 is 5.72. The van der Waals surface area contributed by atoms with E-state index in [0.717, 1.165) is 25.7 Å². The molecule has 0 aliphatic heterocycles. The average molecular weight is 268 g/mol. The summed E-state index contributed by atoms with van der Waals surface area (Å²) in [6, 6.07) is 0.198. The van der Waals surface area contributed by atoms with Crippen LogP contribution in [-0.4, -0.2) is 36.9 Å². The molecule has 0 bridgehead atoms. The molecule has 5 heteroatoms. The third-order valence-corrected chi connectivity index (χ3v) is 5.39. The molecule has 3 nitrogen and oxygen atoms in total. The lowest BCUT2D eigenvalue weighted by Gasteiger charge is -2.32. The molecule has 0 aromatic rings. The quantitative estimate of drug-likeness (QED) is 0.694. The average Bonchev–Trinajstić information content (AvgIpc) is 2.27. The Labute approximate surface area is 104 Å². The summed E-state index contributed by atoms with van der Waals surface area (Å²) < 4.78 is 25.8. The van der Waals surface area contributed by atoms with Gasteiger partial charge in [-0.15, -0.1) is 11.6 Å². The van der Waals surface area contributed by atoms with Gasteiger partial charge in [0.15, 0.2) is 0 Å². The zero-order valence-electron chi connectivity index (χ0n) is 9.99.